The Hall–Kier alpha value is -2.20. The van der Waals surface area contributed by atoms with Gasteiger partial charge in [-0.25, -0.2) is 0 Å². The number of aliphatic imine (C=N–C) groups is 1. The highest BCUT2D eigenvalue weighted by Crippen LogP contribution is 2.32. The van der Waals surface area contributed by atoms with Crippen molar-refractivity contribution in [1.82, 2.24) is 10.6 Å². The van der Waals surface area contributed by atoms with Crippen LogP contribution in [0.15, 0.2) is 53.5 Å². The quantitative estimate of drug-likeness (QED) is 0.659. The Labute approximate surface area is 147 Å². The molecule has 1 aliphatic heterocycles. The summed E-state index contributed by atoms with van der Waals surface area (Å²) >= 11 is 6.19. The molecule has 3 rings (SSSR count). The van der Waals surface area contributed by atoms with Crippen LogP contribution in [0.1, 0.15) is 23.5 Å². The molecule has 0 bridgehead atoms. The summed E-state index contributed by atoms with van der Waals surface area (Å²) in [5.41, 5.74) is 2.32. The van der Waals surface area contributed by atoms with Gasteiger partial charge in [0.05, 0.1) is 6.61 Å². The zero-order valence-corrected chi connectivity index (χ0v) is 14.5. The second kappa shape index (κ2) is 8.06. The molecule has 24 heavy (non-hydrogen) atoms. The number of nitrogens with zero attached hydrogens (tertiary/aromatic N) is 1. The fourth-order valence-electron chi connectivity index (χ4n) is 2.89. The van der Waals surface area contributed by atoms with Crippen LogP contribution in [-0.4, -0.2) is 26.2 Å². The minimum Gasteiger partial charge on any atom is -0.493 e. The Kier molecular flexibility index (Phi) is 5.59. The number of benzene rings is 2. The van der Waals surface area contributed by atoms with Crippen molar-refractivity contribution in [3.8, 4) is 5.75 Å². The van der Waals surface area contributed by atoms with Gasteiger partial charge in [0.15, 0.2) is 5.96 Å². The Morgan fingerprint density at radius 2 is 1.96 bits per heavy atom. The highest BCUT2D eigenvalue weighted by Gasteiger charge is 2.21. The molecule has 0 saturated carbocycles. The van der Waals surface area contributed by atoms with E-state index in [4.69, 9.17) is 16.3 Å². The SMILES string of the molecule is CN=C(NCc1ccccc1Cl)NCC1CCOc2ccccc21. The maximum Gasteiger partial charge on any atom is 0.191 e. The van der Waals surface area contributed by atoms with Crippen LogP contribution in [0.4, 0.5) is 0 Å². The molecule has 1 atom stereocenters. The molecule has 0 amide bonds. The fourth-order valence-corrected chi connectivity index (χ4v) is 3.09. The van der Waals surface area contributed by atoms with E-state index >= 15 is 0 Å². The molecule has 1 aliphatic rings. The average molecular weight is 344 g/mol. The molecule has 2 N–H and O–H groups in total. The number of fused-ring (bicyclic) bond motifs is 1. The standard InChI is InChI=1S/C19H22ClN3O/c1-21-19(23-13-15-6-2-4-8-17(15)20)22-12-14-10-11-24-18-9-5-3-7-16(14)18/h2-9,14H,10-13H2,1H3,(H2,21,22,23). The summed E-state index contributed by atoms with van der Waals surface area (Å²) in [6.45, 7) is 2.22. The first-order valence-electron chi connectivity index (χ1n) is 8.17. The summed E-state index contributed by atoms with van der Waals surface area (Å²) in [4.78, 5) is 4.29. The normalized spacial score (nSPS) is 16.9. The van der Waals surface area contributed by atoms with Gasteiger partial charge < -0.3 is 15.4 Å². The number of hydrogen-bond donors (Lipinski definition) is 2. The Balaban J connectivity index is 1.56. The Bertz CT molecular complexity index is 717. The number of hydrogen-bond acceptors (Lipinski definition) is 2. The number of rotatable bonds is 4. The summed E-state index contributed by atoms with van der Waals surface area (Å²) in [6.07, 6.45) is 1.01. The number of ether oxygens (including phenoxy) is 1. The van der Waals surface area contributed by atoms with Gasteiger partial charge in [-0.05, 0) is 29.7 Å². The van der Waals surface area contributed by atoms with Gasteiger partial charge in [0.25, 0.3) is 0 Å². The van der Waals surface area contributed by atoms with Crippen molar-refractivity contribution in [2.75, 3.05) is 20.2 Å². The van der Waals surface area contributed by atoms with Crippen LogP contribution in [0.3, 0.4) is 0 Å². The van der Waals surface area contributed by atoms with E-state index in [1.165, 1.54) is 5.56 Å². The van der Waals surface area contributed by atoms with Crippen LogP contribution in [0.25, 0.3) is 0 Å². The van der Waals surface area contributed by atoms with Crippen molar-refractivity contribution in [3.05, 3.63) is 64.7 Å². The van der Waals surface area contributed by atoms with Gasteiger partial charge >= 0.3 is 0 Å². The largest absolute Gasteiger partial charge is 0.493 e. The van der Waals surface area contributed by atoms with E-state index in [0.29, 0.717) is 12.5 Å². The minimum absolute atomic E-state index is 0.425. The monoisotopic (exact) mass is 343 g/mol. The van der Waals surface area contributed by atoms with E-state index in [2.05, 4.69) is 27.8 Å². The molecular formula is C19H22ClN3O. The lowest BCUT2D eigenvalue weighted by molar-refractivity contribution is 0.267. The van der Waals surface area contributed by atoms with E-state index in [1.54, 1.807) is 7.05 Å². The minimum atomic E-state index is 0.425. The Morgan fingerprint density at radius 1 is 1.17 bits per heavy atom. The van der Waals surface area contributed by atoms with Crippen molar-refractivity contribution >= 4 is 17.6 Å². The molecule has 0 aromatic heterocycles. The Morgan fingerprint density at radius 3 is 2.79 bits per heavy atom. The van der Waals surface area contributed by atoms with E-state index < -0.39 is 0 Å². The van der Waals surface area contributed by atoms with Crippen molar-refractivity contribution < 1.29 is 4.74 Å². The molecule has 5 heteroatoms. The number of halogens is 1. The van der Waals surface area contributed by atoms with Crippen LogP contribution >= 0.6 is 11.6 Å². The van der Waals surface area contributed by atoms with E-state index in [-0.39, 0.29) is 0 Å². The van der Waals surface area contributed by atoms with Crippen molar-refractivity contribution in [2.45, 2.75) is 18.9 Å². The summed E-state index contributed by atoms with van der Waals surface area (Å²) in [5.74, 6) is 2.20. The predicted molar refractivity (Wildman–Crippen MR) is 98.9 cm³/mol. The van der Waals surface area contributed by atoms with Gasteiger partial charge in [0.2, 0.25) is 0 Å². The third kappa shape index (κ3) is 4.01. The molecule has 0 radical (unpaired) electrons. The van der Waals surface area contributed by atoms with Crippen molar-refractivity contribution in [2.24, 2.45) is 4.99 Å². The van der Waals surface area contributed by atoms with Crippen LogP contribution < -0.4 is 15.4 Å². The zero-order chi connectivity index (χ0) is 16.8. The highest BCUT2D eigenvalue weighted by atomic mass is 35.5. The highest BCUT2D eigenvalue weighted by molar-refractivity contribution is 6.31. The lowest BCUT2D eigenvalue weighted by atomic mass is 9.93. The maximum absolute atomic E-state index is 6.19. The van der Waals surface area contributed by atoms with Gasteiger partial charge in [-0.1, -0.05) is 48.0 Å². The van der Waals surface area contributed by atoms with Crippen LogP contribution in [0.2, 0.25) is 5.02 Å². The third-order valence-electron chi connectivity index (χ3n) is 4.23. The van der Waals surface area contributed by atoms with Gasteiger partial charge in [0.1, 0.15) is 5.75 Å². The van der Waals surface area contributed by atoms with Crippen molar-refractivity contribution in [1.29, 1.82) is 0 Å². The number of para-hydroxylation sites is 1. The van der Waals surface area contributed by atoms with Gasteiger partial charge in [-0.2, -0.15) is 0 Å². The molecule has 0 saturated heterocycles. The topological polar surface area (TPSA) is 45.7 Å². The lowest BCUT2D eigenvalue weighted by Gasteiger charge is -2.26. The summed E-state index contributed by atoms with van der Waals surface area (Å²) in [5, 5.41) is 7.49. The summed E-state index contributed by atoms with van der Waals surface area (Å²) in [7, 11) is 1.78. The van der Waals surface area contributed by atoms with Crippen LogP contribution in [0, 0.1) is 0 Å². The molecule has 1 heterocycles. The molecule has 1 unspecified atom stereocenters. The predicted octanol–water partition coefficient (Wildman–Crippen LogP) is 3.57. The van der Waals surface area contributed by atoms with Gasteiger partial charge in [-0.15, -0.1) is 0 Å². The average Bonchev–Trinajstić information content (AvgIpc) is 2.63. The second-order valence-corrected chi connectivity index (χ2v) is 6.18. The number of nitrogens with one attached hydrogen (secondary N) is 2. The van der Waals surface area contributed by atoms with Crippen LogP contribution in [0.5, 0.6) is 5.75 Å². The molecule has 0 aliphatic carbocycles. The van der Waals surface area contributed by atoms with E-state index in [1.807, 2.05) is 36.4 Å². The summed E-state index contributed by atoms with van der Waals surface area (Å²) in [6, 6.07) is 16.1. The molecule has 2 aromatic rings. The fraction of sp³-hybridized carbons (Fsp3) is 0.316. The third-order valence-corrected chi connectivity index (χ3v) is 4.60. The van der Waals surface area contributed by atoms with Crippen LogP contribution in [-0.2, 0) is 6.54 Å². The molecule has 0 spiro atoms. The first-order chi connectivity index (χ1) is 11.8. The molecular weight excluding hydrogens is 322 g/mol. The first-order valence-corrected chi connectivity index (χ1v) is 8.55. The van der Waals surface area contributed by atoms with E-state index in [9.17, 15) is 0 Å². The first kappa shape index (κ1) is 16.7. The molecule has 4 nitrogen and oxygen atoms in total. The lowest BCUT2D eigenvalue weighted by Crippen LogP contribution is -2.39. The number of guanidine groups is 1. The zero-order valence-electron chi connectivity index (χ0n) is 13.8. The maximum atomic E-state index is 6.19. The summed E-state index contributed by atoms with van der Waals surface area (Å²) < 4.78 is 5.72. The molecule has 2 aromatic carbocycles. The van der Waals surface area contributed by atoms with Crippen molar-refractivity contribution in [3.63, 3.8) is 0 Å². The smallest absolute Gasteiger partial charge is 0.191 e. The van der Waals surface area contributed by atoms with Gasteiger partial charge in [-0.3, -0.25) is 4.99 Å². The molecule has 126 valence electrons. The van der Waals surface area contributed by atoms with Gasteiger partial charge in [0, 0.05) is 31.1 Å². The molecule has 0 fully saturated rings. The second-order valence-electron chi connectivity index (χ2n) is 5.77. The van der Waals surface area contributed by atoms with E-state index in [0.717, 1.165) is 41.9 Å².